The standard InChI is InChI=1S/C24H33N5O5S2/c30-24(26-18-19-5-4-14-25-17-19)27-20-6-10-22(11-7-20)35(31,32)28-21-8-12-23(13-9-21)36(33,34)29-15-2-1-3-16-29/h4-7,10-11,14,17,21,23,28H,1-3,8-9,12-13,15-16,18H2,(H2,26,27,30). The smallest absolute Gasteiger partial charge is 0.319 e. The van der Waals surface area contributed by atoms with Crippen molar-refractivity contribution < 1.29 is 21.6 Å². The summed E-state index contributed by atoms with van der Waals surface area (Å²) in [6.45, 7) is 1.50. The minimum atomic E-state index is -3.77. The highest BCUT2D eigenvalue weighted by molar-refractivity contribution is 7.90. The van der Waals surface area contributed by atoms with Crippen LogP contribution in [0.2, 0.25) is 0 Å². The van der Waals surface area contributed by atoms with Crippen LogP contribution in [0.15, 0.2) is 53.7 Å². The molecule has 0 radical (unpaired) electrons. The second-order valence-corrected chi connectivity index (χ2v) is 13.2. The minimum absolute atomic E-state index is 0.0897. The van der Waals surface area contributed by atoms with Crippen molar-refractivity contribution in [2.45, 2.75) is 67.7 Å². The zero-order valence-electron chi connectivity index (χ0n) is 20.1. The van der Waals surface area contributed by atoms with Crippen LogP contribution in [0.25, 0.3) is 0 Å². The zero-order valence-corrected chi connectivity index (χ0v) is 21.7. The van der Waals surface area contributed by atoms with Crippen molar-refractivity contribution in [1.82, 2.24) is 19.3 Å². The number of anilines is 1. The monoisotopic (exact) mass is 535 g/mol. The van der Waals surface area contributed by atoms with Gasteiger partial charge in [0.2, 0.25) is 20.0 Å². The Hall–Kier alpha value is -2.54. The summed E-state index contributed by atoms with van der Waals surface area (Å²) in [6, 6.07) is 8.84. The molecule has 2 fully saturated rings. The Morgan fingerprint density at radius 3 is 2.28 bits per heavy atom. The number of carbonyl (C=O) groups is 1. The molecule has 10 nitrogen and oxygen atoms in total. The number of piperidine rings is 1. The van der Waals surface area contributed by atoms with Gasteiger partial charge in [-0.3, -0.25) is 4.98 Å². The highest BCUT2D eigenvalue weighted by Gasteiger charge is 2.36. The number of benzene rings is 1. The van der Waals surface area contributed by atoms with Crippen LogP contribution in [0, 0.1) is 0 Å². The molecule has 2 aromatic rings. The molecule has 4 rings (SSSR count). The Morgan fingerprint density at radius 1 is 0.944 bits per heavy atom. The van der Waals surface area contributed by atoms with Crippen LogP contribution < -0.4 is 15.4 Å². The first-order valence-corrected chi connectivity index (χ1v) is 15.3. The highest BCUT2D eigenvalue weighted by atomic mass is 32.2. The van der Waals surface area contributed by atoms with E-state index in [9.17, 15) is 21.6 Å². The van der Waals surface area contributed by atoms with Crippen molar-refractivity contribution in [2.75, 3.05) is 18.4 Å². The summed E-state index contributed by atoms with van der Waals surface area (Å²) in [5, 5.41) is 4.95. The second-order valence-electron chi connectivity index (χ2n) is 9.29. The van der Waals surface area contributed by atoms with Crippen molar-refractivity contribution in [3.63, 3.8) is 0 Å². The van der Waals surface area contributed by atoms with Gasteiger partial charge in [-0.15, -0.1) is 0 Å². The van der Waals surface area contributed by atoms with Crippen molar-refractivity contribution >= 4 is 31.8 Å². The van der Waals surface area contributed by atoms with E-state index in [0.717, 1.165) is 24.8 Å². The molecule has 3 N–H and O–H groups in total. The first-order valence-electron chi connectivity index (χ1n) is 12.3. The van der Waals surface area contributed by atoms with Crippen molar-refractivity contribution in [1.29, 1.82) is 0 Å². The highest BCUT2D eigenvalue weighted by Crippen LogP contribution is 2.29. The number of urea groups is 1. The van der Waals surface area contributed by atoms with Gasteiger partial charge in [0.1, 0.15) is 0 Å². The number of hydrogen-bond donors (Lipinski definition) is 3. The van der Waals surface area contributed by atoms with E-state index in [2.05, 4.69) is 20.3 Å². The Morgan fingerprint density at radius 2 is 1.64 bits per heavy atom. The predicted octanol–water partition coefficient (Wildman–Crippen LogP) is 2.81. The molecular weight excluding hydrogens is 502 g/mol. The van der Waals surface area contributed by atoms with Gasteiger partial charge >= 0.3 is 6.03 Å². The predicted molar refractivity (Wildman–Crippen MR) is 137 cm³/mol. The summed E-state index contributed by atoms with van der Waals surface area (Å²) in [6.07, 6.45) is 8.04. The van der Waals surface area contributed by atoms with E-state index in [0.29, 0.717) is 51.0 Å². The number of pyridine rings is 1. The van der Waals surface area contributed by atoms with Gasteiger partial charge in [-0.2, -0.15) is 0 Å². The van der Waals surface area contributed by atoms with Gasteiger partial charge in [-0.05, 0) is 74.4 Å². The third-order valence-electron chi connectivity index (χ3n) is 6.69. The first-order chi connectivity index (χ1) is 17.2. The molecule has 36 heavy (non-hydrogen) atoms. The maximum Gasteiger partial charge on any atom is 0.319 e. The van der Waals surface area contributed by atoms with E-state index in [1.807, 2.05) is 6.07 Å². The van der Waals surface area contributed by atoms with Crippen LogP contribution in [0.5, 0.6) is 0 Å². The number of carbonyl (C=O) groups excluding carboxylic acids is 1. The van der Waals surface area contributed by atoms with Crippen LogP contribution in [0.4, 0.5) is 10.5 Å². The average molecular weight is 536 g/mol. The summed E-state index contributed by atoms with van der Waals surface area (Å²) in [5.41, 5.74) is 1.32. The molecule has 12 heteroatoms. The number of hydrogen-bond acceptors (Lipinski definition) is 6. The number of aromatic nitrogens is 1. The molecule has 2 heterocycles. The third kappa shape index (κ3) is 6.81. The number of rotatable bonds is 8. The lowest BCUT2D eigenvalue weighted by atomic mass is 9.96. The quantitative estimate of drug-likeness (QED) is 0.475. The number of sulfonamides is 2. The van der Waals surface area contributed by atoms with E-state index in [1.54, 1.807) is 22.8 Å². The summed E-state index contributed by atoms with van der Waals surface area (Å²) in [5.74, 6) is 0. The van der Waals surface area contributed by atoms with Crippen molar-refractivity contribution in [3.8, 4) is 0 Å². The van der Waals surface area contributed by atoms with Gasteiger partial charge in [-0.25, -0.2) is 30.7 Å². The van der Waals surface area contributed by atoms with Crippen LogP contribution in [-0.2, 0) is 26.6 Å². The van der Waals surface area contributed by atoms with E-state index in [1.165, 1.54) is 24.3 Å². The van der Waals surface area contributed by atoms with Gasteiger partial charge in [0.15, 0.2) is 0 Å². The lowest BCUT2D eigenvalue weighted by Gasteiger charge is -2.34. The third-order valence-corrected chi connectivity index (χ3v) is 10.6. The zero-order chi connectivity index (χ0) is 25.6. The summed E-state index contributed by atoms with van der Waals surface area (Å²) >= 11 is 0. The Kier molecular flexibility index (Phi) is 8.60. The Balaban J connectivity index is 1.26. The lowest BCUT2D eigenvalue weighted by molar-refractivity contribution is 0.251. The molecule has 0 unspecified atom stereocenters. The van der Waals surface area contributed by atoms with Crippen LogP contribution in [0.3, 0.4) is 0 Å². The maximum absolute atomic E-state index is 12.9. The normalized spacial score (nSPS) is 21.6. The summed E-state index contributed by atoms with van der Waals surface area (Å²) < 4.78 is 55.9. The SMILES string of the molecule is O=C(NCc1cccnc1)Nc1ccc(S(=O)(=O)NC2CCC(S(=O)(=O)N3CCCCC3)CC2)cc1. The average Bonchev–Trinajstić information content (AvgIpc) is 2.89. The van der Waals surface area contributed by atoms with E-state index in [-0.39, 0.29) is 10.9 Å². The number of amides is 2. The fourth-order valence-corrected chi connectivity index (χ4v) is 8.04. The van der Waals surface area contributed by atoms with Gasteiger partial charge < -0.3 is 10.6 Å². The molecule has 1 saturated carbocycles. The fraction of sp³-hybridized carbons (Fsp3) is 0.500. The molecule has 0 atom stereocenters. The molecule has 2 aliphatic rings. The van der Waals surface area contributed by atoms with Crippen LogP contribution in [-0.4, -0.2) is 56.5 Å². The van der Waals surface area contributed by atoms with Crippen LogP contribution >= 0.6 is 0 Å². The molecule has 1 saturated heterocycles. The van der Waals surface area contributed by atoms with E-state index >= 15 is 0 Å². The molecule has 1 aliphatic carbocycles. The van der Waals surface area contributed by atoms with Gasteiger partial charge in [0, 0.05) is 43.8 Å². The maximum atomic E-state index is 12.9. The lowest BCUT2D eigenvalue weighted by Crippen LogP contribution is -2.45. The number of nitrogens with one attached hydrogen (secondary N) is 3. The van der Waals surface area contributed by atoms with Crippen molar-refractivity contribution in [2.24, 2.45) is 0 Å². The van der Waals surface area contributed by atoms with Gasteiger partial charge in [-0.1, -0.05) is 12.5 Å². The van der Waals surface area contributed by atoms with Crippen molar-refractivity contribution in [3.05, 3.63) is 54.4 Å². The molecule has 2 amide bonds. The minimum Gasteiger partial charge on any atom is -0.334 e. The fourth-order valence-electron chi connectivity index (χ4n) is 4.67. The molecular formula is C24H33N5O5S2. The Labute approximate surface area is 213 Å². The molecule has 0 bridgehead atoms. The summed E-state index contributed by atoms with van der Waals surface area (Å²) in [4.78, 5) is 16.2. The van der Waals surface area contributed by atoms with E-state index < -0.39 is 31.3 Å². The largest absolute Gasteiger partial charge is 0.334 e. The molecule has 1 aliphatic heterocycles. The second kappa shape index (κ2) is 11.7. The molecule has 0 spiro atoms. The Bertz CT molecular complexity index is 1220. The first kappa shape index (κ1) is 26.5. The van der Waals surface area contributed by atoms with E-state index in [4.69, 9.17) is 0 Å². The molecule has 1 aromatic heterocycles. The summed E-state index contributed by atoms with van der Waals surface area (Å²) in [7, 11) is -7.10. The van der Waals surface area contributed by atoms with Gasteiger partial charge in [0.05, 0.1) is 10.1 Å². The van der Waals surface area contributed by atoms with Crippen LogP contribution in [0.1, 0.15) is 50.5 Å². The molecule has 1 aromatic carbocycles. The topological polar surface area (TPSA) is 138 Å². The van der Waals surface area contributed by atoms with Gasteiger partial charge in [0.25, 0.3) is 0 Å². The number of nitrogens with zero attached hydrogens (tertiary/aromatic N) is 2. The molecule has 196 valence electrons.